The minimum Gasteiger partial charge on any atom is -0.347 e. The van der Waals surface area contributed by atoms with Gasteiger partial charge in [-0.3, -0.25) is 9.69 Å². The van der Waals surface area contributed by atoms with Crippen molar-refractivity contribution in [1.29, 1.82) is 0 Å². The zero-order valence-corrected chi connectivity index (χ0v) is 15.7. The van der Waals surface area contributed by atoms with Gasteiger partial charge in [0.2, 0.25) is 11.9 Å². The molecule has 0 saturated carbocycles. The molecule has 1 amide bonds. The van der Waals surface area contributed by atoms with Gasteiger partial charge in [0.05, 0.1) is 17.5 Å². The quantitative estimate of drug-likeness (QED) is 0.726. The molecule has 0 N–H and O–H groups in total. The van der Waals surface area contributed by atoms with Crippen LogP contribution in [0.3, 0.4) is 0 Å². The number of aromatic nitrogens is 2. The average molecular weight is 367 g/mol. The zero-order valence-electron chi connectivity index (χ0n) is 14.9. The third-order valence-corrected chi connectivity index (χ3v) is 6.59. The van der Waals surface area contributed by atoms with Crippen LogP contribution in [-0.4, -0.2) is 84.9 Å². The molecule has 0 spiro atoms. The highest BCUT2D eigenvalue weighted by Gasteiger charge is 2.47. The molecule has 0 bridgehead atoms. The summed E-state index contributed by atoms with van der Waals surface area (Å²) in [6.07, 6.45) is 3.97. The molecule has 0 aliphatic carbocycles. The van der Waals surface area contributed by atoms with Crippen LogP contribution in [0.4, 0.5) is 5.95 Å². The molecule has 25 heavy (non-hydrogen) atoms. The second-order valence-corrected chi connectivity index (χ2v) is 9.06. The van der Waals surface area contributed by atoms with Crippen molar-refractivity contribution in [1.82, 2.24) is 19.8 Å². The molecule has 1 aromatic heterocycles. The first kappa shape index (κ1) is 18.1. The van der Waals surface area contributed by atoms with Gasteiger partial charge in [0.1, 0.15) is 0 Å². The lowest BCUT2D eigenvalue weighted by atomic mass is 10.0. The van der Waals surface area contributed by atoms with Crippen molar-refractivity contribution in [3.05, 3.63) is 18.0 Å². The smallest absolute Gasteiger partial charge is 0.224 e. The third kappa shape index (κ3) is 3.77. The van der Waals surface area contributed by atoms with Gasteiger partial charge in [-0.2, -0.15) is 0 Å². The minimum atomic E-state index is -3.12. The number of hydrogen-bond acceptors (Lipinski definition) is 7. The number of hydrogen-bond donors (Lipinski definition) is 0. The molecule has 2 aliphatic rings. The van der Waals surface area contributed by atoms with E-state index in [9.17, 15) is 13.2 Å². The molecule has 2 atom stereocenters. The van der Waals surface area contributed by atoms with Crippen LogP contribution in [0.1, 0.15) is 18.9 Å². The topological polar surface area (TPSA) is 86.7 Å². The van der Waals surface area contributed by atoms with Gasteiger partial charge in [0.25, 0.3) is 0 Å². The molecule has 0 aromatic carbocycles. The number of piperazine rings is 1. The monoisotopic (exact) mass is 367 g/mol. The van der Waals surface area contributed by atoms with Crippen LogP contribution in [0, 0.1) is 0 Å². The second kappa shape index (κ2) is 6.87. The Morgan fingerprint density at radius 1 is 1.20 bits per heavy atom. The Hall–Kier alpha value is -1.74. The van der Waals surface area contributed by atoms with Gasteiger partial charge in [-0.1, -0.05) is 6.92 Å². The Balaban J connectivity index is 1.77. The van der Waals surface area contributed by atoms with Crippen molar-refractivity contribution in [2.24, 2.45) is 0 Å². The van der Waals surface area contributed by atoms with Gasteiger partial charge >= 0.3 is 0 Å². The molecular weight excluding hydrogens is 342 g/mol. The summed E-state index contributed by atoms with van der Waals surface area (Å²) in [5, 5.41) is 0. The summed E-state index contributed by atoms with van der Waals surface area (Å²) >= 11 is 0. The molecule has 138 valence electrons. The van der Waals surface area contributed by atoms with E-state index in [1.54, 1.807) is 17.3 Å². The standard InChI is InChI=1S/C16H25N5O3S/c1-4-15(22)21-6-5-20(13-10-25(23,24)11-14(13)21)9-12-7-17-16(18-8-12)19(2)3/h7-8,13-14H,4-6,9-11H2,1-3H3/t13-,14+/m0/s1. The van der Waals surface area contributed by atoms with E-state index in [2.05, 4.69) is 14.9 Å². The fourth-order valence-corrected chi connectivity index (χ4v) is 5.64. The van der Waals surface area contributed by atoms with Gasteiger partial charge in [0.15, 0.2) is 9.84 Å². The van der Waals surface area contributed by atoms with Crippen molar-refractivity contribution in [2.75, 3.05) is 43.6 Å². The van der Waals surface area contributed by atoms with Gasteiger partial charge in [0, 0.05) is 64.1 Å². The van der Waals surface area contributed by atoms with Crippen molar-refractivity contribution >= 4 is 21.7 Å². The number of amides is 1. The van der Waals surface area contributed by atoms with Gasteiger partial charge in [-0.05, 0) is 0 Å². The van der Waals surface area contributed by atoms with E-state index in [0.717, 1.165) is 5.56 Å². The Morgan fingerprint density at radius 2 is 1.84 bits per heavy atom. The van der Waals surface area contributed by atoms with Crippen LogP contribution in [0.25, 0.3) is 0 Å². The highest BCUT2D eigenvalue weighted by atomic mass is 32.2. The van der Waals surface area contributed by atoms with Crippen LogP contribution in [0.2, 0.25) is 0 Å². The van der Waals surface area contributed by atoms with E-state index in [-0.39, 0.29) is 29.5 Å². The summed E-state index contributed by atoms with van der Waals surface area (Å²) in [4.78, 5) is 26.6. The normalized spacial score (nSPS) is 25.6. The van der Waals surface area contributed by atoms with E-state index in [1.807, 2.05) is 25.9 Å². The van der Waals surface area contributed by atoms with Crippen molar-refractivity contribution in [2.45, 2.75) is 32.0 Å². The molecule has 8 nitrogen and oxygen atoms in total. The van der Waals surface area contributed by atoms with Crippen molar-refractivity contribution in [3.8, 4) is 0 Å². The molecule has 3 heterocycles. The Morgan fingerprint density at radius 3 is 2.44 bits per heavy atom. The molecule has 2 saturated heterocycles. The first-order valence-electron chi connectivity index (χ1n) is 8.53. The molecule has 0 radical (unpaired) electrons. The fourth-order valence-electron chi connectivity index (χ4n) is 3.63. The number of anilines is 1. The number of sulfone groups is 1. The molecule has 1 aromatic rings. The SMILES string of the molecule is CCC(=O)N1CCN(Cc2cnc(N(C)C)nc2)[C@H]2CS(=O)(=O)C[C@H]21. The Kier molecular flexibility index (Phi) is 4.97. The van der Waals surface area contributed by atoms with Crippen LogP contribution >= 0.6 is 0 Å². The lowest BCUT2D eigenvalue weighted by molar-refractivity contribution is -0.136. The lowest BCUT2D eigenvalue weighted by Crippen LogP contribution is -2.60. The predicted molar refractivity (Wildman–Crippen MR) is 95.0 cm³/mol. The number of carbonyl (C=O) groups excluding carboxylic acids is 1. The minimum absolute atomic E-state index is 0.0328. The van der Waals surface area contributed by atoms with Crippen molar-refractivity contribution in [3.63, 3.8) is 0 Å². The van der Waals surface area contributed by atoms with E-state index in [1.165, 1.54) is 0 Å². The number of carbonyl (C=O) groups is 1. The molecular formula is C16H25N5O3S. The van der Waals surface area contributed by atoms with Crippen LogP contribution < -0.4 is 4.90 Å². The van der Waals surface area contributed by atoms with E-state index in [0.29, 0.717) is 32.0 Å². The summed E-state index contributed by atoms with van der Waals surface area (Å²) in [7, 11) is 0.644. The van der Waals surface area contributed by atoms with Crippen LogP contribution in [0.5, 0.6) is 0 Å². The number of nitrogens with zero attached hydrogens (tertiary/aromatic N) is 5. The highest BCUT2D eigenvalue weighted by molar-refractivity contribution is 7.91. The molecule has 3 rings (SSSR count). The van der Waals surface area contributed by atoms with Gasteiger partial charge < -0.3 is 9.80 Å². The first-order valence-corrected chi connectivity index (χ1v) is 10.3. The Labute approximate surface area is 148 Å². The number of fused-ring (bicyclic) bond motifs is 1. The average Bonchev–Trinajstić information content (AvgIpc) is 2.90. The third-order valence-electron chi connectivity index (χ3n) is 4.89. The van der Waals surface area contributed by atoms with Crippen LogP contribution in [-0.2, 0) is 21.2 Å². The predicted octanol–water partition coefficient (Wildman–Crippen LogP) is -0.238. The summed E-state index contributed by atoms with van der Waals surface area (Å²) in [5.74, 6) is 0.853. The lowest BCUT2D eigenvalue weighted by Gasteiger charge is -2.43. The number of rotatable bonds is 4. The fraction of sp³-hybridized carbons (Fsp3) is 0.688. The van der Waals surface area contributed by atoms with Gasteiger partial charge in [-0.25, -0.2) is 18.4 Å². The van der Waals surface area contributed by atoms with E-state index >= 15 is 0 Å². The summed E-state index contributed by atoms with van der Waals surface area (Å²) in [5.41, 5.74) is 0.948. The summed E-state index contributed by atoms with van der Waals surface area (Å²) in [6.45, 7) is 3.65. The molecule has 9 heteroatoms. The Bertz CT molecular complexity index is 735. The van der Waals surface area contributed by atoms with E-state index < -0.39 is 9.84 Å². The second-order valence-electron chi connectivity index (χ2n) is 6.91. The van der Waals surface area contributed by atoms with Crippen LogP contribution in [0.15, 0.2) is 12.4 Å². The molecule has 2 fully saturated rings. The van der Waals surface area contributed by atoms with Gasteiger partial charge in [-0.15, -0.1) is 0 Å². The van der Waals surface area contributed by atoms with Crippen molar-refractivity contribution < 1.29 is 13.2 Å². The first-order chi connectivity index (χ1) is 11.8. The summed E-state index contributed by atoms with van der Waals surface area (Å²) < 4.78 is 24.4. The summed E-state index contributed by atoms with van der Waals surface area (Å²) in [6, 6.07) is -0.393. The largest absolute Gasteiger partial charge is 0.347 e. The molecule has 0 unspecified atom stereocenters. The van der Waals surface area contributed by atoms with E-state index in [4.69, 9.17) is 0 Å². The maximum Gasteiger partial charge on any atom is 0.224 e. The maximum absolute atomic E-state index is 12.2. The zero-order chi connectivity index (χ0) is 18.2. The molecule has 2 aliphatic heterocycles. The maximum atomic E-state index is 12.2. The highest BCUT2D eigenvalue weighted by Crippen LogP contribution is 2.28.